The Morgan fingerprint density at radius 2 is 2.29 bits per heavy atom. The number of methoxy groups -OCH3 is 1. The first kappa shape index (κ1) is 13.1. The van der Waals surface area contributed by atoms with E-state index in [0.717, 1.165) is 25.1 Å². The molecule has 2 bridgehead atoms. The zero-order chi connectivity index (χ0) is 14.6. The molecule has 2 fully saturated rings. The highest BCUT2D eigenvalue weighted by molar-refractivity contribution is 5.73. The van der Waals surface area contributed by atoms with Crippen molar-refractivity contribution in [2.24, 2.45) is 5.92 Å². The number of cyclic esters (lactones) is 1. The lowest BCUT2D eigenvalue weighted by atomic mass is 9.55. The van der Waals surface area contributed by atoms with E-state index in [1.807, 2.05) is 6.07 Å². The zero-order valence-electron chi connectivity index (χ0n) is 12.6. The van der Waals surface area contributed by atoms with E-state index in [4.69, 9.17) is 9.47 Å². The van der Waals surface area contributed by atoms with Gasteiger partial charge in [-0.2, -0.15) is 0 Å². The van der Waals surface area contributed by atoms with Gasteiger partial charge in [0, 0.05) is 17.4 Å². The number of carbonyl (C=O) groups is 1. The topological polar surface area (TPSA) is 38.8 Å². The average Bonchev–Trinajstić information content (AvgIpc) is 2.50. The smallest absolute Gasteiger partial charge is 0.306 e. The van der Waals surface area contributed by atoms with Crippen LogP contribution in [0.15, 0.2) is 18.2 Å². The molecule has 0 aromatic heterocycles. The second-order valence-electron chi connectivity index (χ2n) is 6.65. The minimum absolute atomic E-state index is 0.0470. The van der Waals surface area contributed by atoms with E-state index in [-0.39, 0.29) is 11.4 Å². The Bertz CT molecular complexity index is 600. The summed E-state index contributed by atoms with van der Waals surface area (Å²) in [5.74, 6) is 1.25. The second-order valence-corrected chi connectivity index (χ2v) is 6.65. The molecule has 0 radical (unpaired) electrons. The lowest BCUT2D eigenvalue weighted by Gasteiger charge is -2.57. The van der Waals surface area contributed by atoms with Crippen LogP contribution in [0.25, 0.3) is 0 Å². The summed E-state index contributed by atoms with van der Waals surface area (Å²) < 4.78 is 10.8. The minimum Gasteiger partial charge on any atom is -0.497 e. The van der Waals surface area contributed by atoms with E-state index < -0.39 is 0 Å². The summed E-state index contributed by atoms with van der Waals surface area (Å²) in [6, 6.07) is 6.85. The molecule has 0 unspecified atom stereocenters. The van der Waals surface area contributed by atoms with Gasteiger partial charge in [0.25, 0.3) is 0 Å². The number of hydrogen-bond donors (Lipinski definition) is 0. The molecule has 0 spiro atoms. The molecule has 1 aromatic carbocycles. The van der Waals surface area contributed by atoms with Crippen LogP contribution in [0.5, 0.6) is 5.75 Å². The van der Waals surface area contributed by atoms with Crippen LogP contribution in [0, 0.1) is 5.92 Å². The highest BCUT2D eigenvalue weighted by Crippen LogP contribution is 2.53. The number of ether oxygens (including phenoxy) is 2. The molecule has 4 rings (SSSR count). The summed E-state index contributed by atoms with van der Waals surface area (Å²) in [5, 5.41) is 0. The Morgan fingerprint density at radius 1 is 1.43 bits per heavy atom. The first-order valence-corrected chi connectivity index (χ1v) is 7.67. The van der Waals surface area contributed by atoms with E-state index in [2.05, 4.69) is 24.1 Å². The van der Waals surface area contributed by atoms with Gasteiger partial charge >= 0.3 is 5.97 Å². The van der Waals surface area contributed by atoms with E-state index in [1.54, 1.807) is 7.11 Å². The number of carbonyl (C=O) groups excluding carboxylic acids is 1. The van der Waals surface area contributed by atoms with E-state index in [9.17, 15) is 4.79 Å². The Kier molecular flexibility index (Phi) is 2.80. The predicted molar refractivity (Wildman–Crippen MR) is 78.5 cm³/mol. The van der Waals surface area contributed by atoms with Crippen LogP contribution in [0.4, 0.5) is 0 Å². The van der Waals surface area contributed by atoms with Gasteiger partial charge in [-0.1, -0.05) is 6.07 Å². The molecule has 112 valence electrons. The Balaban J connectivity index is 1.90. The number of piperidine rings is 1. The SMILES string of the molecule is COc1ccc2c(c1)[C@]13CCN(C)[C@H](C2)[C@@H]1COC(=O)C3. The van der Waals surface area contributed by atoms with Crippen LogP contribution in [0.1, 0.15) is 24.0 Å². The molecular weight excluding hydrogens is 266 g/mol. The highest BCUT2D eigenvalue weighted by atomic mass is 16.5. The maximum absolute atomic E-state index is 12.0. The molecule has 3 aliphatic rings. The van der Waals surface area contributed by atoms with Gasteiger partial charge in [0.2, 0.25) is 0 Å². The first-order chi connectivity index (χ1) is 10.1. The summed E-state index contributed by atoms with van der Waals surface area (Å²) >= 11 is 0. The fourth-order valence-electron chi connectivity index (χ4n) is 4.66. The maximum atomic E-state index is 12.0. The van der Waals surface area contributed by atoms with Crippen molar-refractivity contribution in [3.63, 3.8) is 0 Å². The summed E-state index contributed by atoms with van der Waals surface area (Å²) in [6.45, 7) is 1.61. The number of likely N-dealkylation sites (tertiary alicyclic amines) is 1. The number of likely N-dealkylation sites (N-methyl/N-ethyl adjacent to an activating group) is 1. The van der Waals surface area contributed by atoms with Gasteiger partial charge in [0.1, 0.15) is 5.75 Å². The quantitative estimate of drug-likeness (QED) is 0.738. The fraction of sp³-hybridized carbons (Fsp3) is 0.588. The van der Waals surface area contributed by atoms with Crippen LogP contribution in [-0.4, -0.2) is 44.2 Å². The van der Waals surface area contributed by atoms with Gasteiger partial charge in [-0.25, -0.2) is 0 Å². The van der Waals surface area contributed by atoms with Crippen molar-refractivity contribution in [3.8, 4) is 5.75 Å². The third kappa shape index (κ3) is 1.75. The molecule has 4 heteroatoms. The molecule has 0 amide bonds. The number of hydrogen-bond acceptors (Lipinski definition) is 4. The van der Waals surface area contributed by atoms with Crippen LogP contribution in [0.3, 0.4) is 0 Å². The molecule has 0 N–H and O–H groups in total. The molecule has 1 aliphatic carbocycles. The van der Waals surface area contributed by atoms with Gasteiger partial charge in [-0.05, 0) is 49.7 Å². The monoisotopic (exact) mass is 287 g/mol. The van der Waals surface area contributed by atoms with Crippen LogP contribution >= 0.6 is 0 Å². The van der Waals surface area contributed by atoms with Crippen molar-refractivity contribution in [1.82, 2.24) is 4.90 Å². The van der Waals surface area contributed by atoms with Crippen molar-refractivity contribution in [1.29, 1.82) is 0 Å². The standard InChI is InChI=1S/C17H21NO3/c1-18-6-5-17-9-16(19)21-10-14(17)15(18)7-11-3-4-12(20-2)8-13(11)17/h3-4,8,14-15H,5-7,9-10H2,1-2H3/t14-,15+,17+/m0/s1. The summed E-state index contributed by atoms with van der Waals surface area (Å²) in [5.41, 5.74) is 2.65. The largest absolute Gasteiger partial charge is 0.497 e. The van der Waals surface area contributed by atoms with Crippen LogP contribution < -0.4 is 4.74 Å². The Labute approximate surface area is 125 Å². The van der Waals surface area contributed by atoms with Crippen molar-refractivity contribution >= 4 is 5.97 Å². The maximum Gasteiger partial charge on any atom is 0.306 e. The molecule has 3 atom stereocenters. The minimum atomic E-state index is -0.0507. The van der Waals surface area contributed by atoms with Gasteiger partial charge in [-0.3, -0.25) is 4.79 Å². The van der Waals surface area contributed by atoms with Gasteiger partial charge in [0.05, 0.1) is 20.1 Å². The van der Waals surface area contributed by atoms with E-state index in [1.165, 1.54) is 11.1 Å². The van der Waals surface area contributed by atoms with Gasteiger partial charge in [-0.15, -0.1) is 0 Å². The Hall–Kier alpha value is -1.55. The van der Waals surface area contributed by atoms with Gasteiger partial charge in [0.15, 0.2) is 0 Å². The molecule has 2 heterocycles. The van der Waals surface area contributed by atoms with E-state index in [0.29, 0.717) is 25.0 Å². The fourth-order valence-corrected chi connectivity index (χ4v) is 4.66. The molecule has 21 heavy (non-hydrogen) atoms. The van der Waals surface area contributed by atoms with Crippen LogP contribution in [-0.2, 0) is 21.4 Å². The third-order valence-corrected chi connectivity index (χ3v) is 5.82. The second kappa shape index (κ2) is 4.47. The summed E-state index contributed by atoms with van der Waals surface area (Å²) in [7, 11) is 3.89. The van der Waals surface area contributed by atoms with Crippen molar-refractivity contribution < 1.29 is 14.3 Å². The van der Waals surface area contributed by atoms with Crippen LogP contribution in [0.2, 0.25) is 0 Å². The number of rotatable bonds is 1. The first-order valence-electron chi connectivity index (χ1n) is 7.67. The average molecular weight is 287 g/mol. The number of esters is 1. The van der Waals surface area contributed by atoms with E-state index >= 15 is 0 Å². The van der Waals surface area contributed by atoms with Crippen molar-refractivity contribution in [2.75, 3.05) is 27.3 Å². The number of benzene rings is 1. The molecule has 4 nitrogen and oxygen atoms in total. The lowest BCUT2D eigenvalue weighted by Crippen LogP contribution is -2.62. The highest BCUT2D eigenvalue weighted by Gasteiger charge is 2.56. The summed E-state index contributed by atoms with van der Waals surface area (Å²) in [6.07, 6.45) is 2.59. The van der Waals surface area contributed by atoms with Crippen molar-refractivity contribution in [2.45, 2.75) is 30.7 Å². The van der Waals surface area contributed by atoms with Gasteiger partial charge < -0.3 is 14.4 Å². The lowest BCUT2D eigenvalue weighted by molar-refractivity contribution is -0.161. The number of fused-ring (bicyclic) bond motifs is 1. The predicted octanol–water partition coefficient (Wildman–Crippen LogP) is 1.76. The normalized spacial score (nSPS) is 34.7. The summed E-state index contributed by atoms with van der Waals surface area (Å²) in [4.78, 5) is 14.4. The molecule has 0 saturated carbocycles. The van der Waals surface area contributed by atoms with Crippen molar-refractivity contribution in [3.05, 3.63) is 29.3 Å². The number of nitrogens with zero attached hydrogens (tertiary/aromatic N) is 1. The molecule has 2 saturated heterocycles. The molecule has 1 aromatic rings. The zero-order valence-corrected chi connectivity index (χ0v) is 12.6. The molecule has 2 aliphatic heterocycles. The third-order valence-electron chi connectivity index (χ3n) is 5.82. The molecular formula is C17H21NO3. The Morgan fingerprint density at radius 3 is 3.10 bits per heavy atom.